The number of anilines is 1. The monoisotopic (exact) mass is 488 g/mol. The Kier molecular flexibility index (Phi) is 8.79. The number of carbonyl (C=O) groups excluding carboxylic acids is 2. The summed E-state index contributed by atoms with van der Waals surface area (Å²) >= 11 is 0. The second-order valence-corrected chi connectivity index (χ2v) is 7.10. The quantitative estimate of drug-likeness (QED) is 0.449. The molecule has 17 heteroatoms. The predicted octanol–water partition coefficient (Wildman–Crippen LogP) is 0.587. The fourth-order valence-electron chi connectivity index (χ4n) is 2.16. The number of ether oxygens (including phenoxy) is 3. The number of rotatable bonds is 6. The number of primary amides is 1. The molecular weight excluding hydrogens is 474 g/mol. The third kappa shape index (κ3) is 5.56. The average Bonchev–Trinajstić information content (AvgIpc) is 2.71. The molecule has 32 heavy (non-hydrogen) atoms. The van der Waals surface area contributed by atoms with Gasteiger partial charge in [0.15, 0.2) is 5.03 Å². The van der Waals surface area contributed by atoms with Crippen molar-refractivity contribution >= 4 is 57.5 Å². The molecule has 0 saturated carbocycles. The SMILES string of the molecule is COC(=O)c1ccc(C(F)(F)F)nc1S(=O)(=O)N(C(N)=O)c1nc(OC)cc(OC)n1.[Na]. The smallest absolute Gasteiger partial charge is 0.433 e. The third-order valence-corrected chi connectivity index (χ3v) is 5.13. The van der Waals surface area contributed by atoms with Crippen molar-refractivity contribution in [1.29, 1.82) is 0 Å². The molecule has 0 saturated heterocycles. The van der Waals surface area contributed by atoms with Crippen molar-refractivity contribution in [1.82, 2.24) is 15.0 Å². The maximum absolute atomic E-state index is 13.1. The van der Waals surface area contributed by atoms with Crippen LogP contribution in [0.1, 0.15) is 16.1 Å². The van der Waals surface area contributed by atoms with Gasteiger partial charge in [0.05, 0.1) is 33.0 Å². The Balaban J connectivity index is 0.00000512. The Bertz CT molecular complexity index is 1110. The van der Waals surface area contributed by atoms with Crippen LogP contribution in [0, 0.1) is 0 Å². The largest absolute Gasteiger partial charge is 0.481 e. The summed E-state index contributed by atoms with van der Waals surface area (Å²) in [7, 11) is -2.20. The normalized spacial score (nSPS) is 11.2. The topological polar surface area (TPSA) is 164 Å². The number of nitrogens with two attached hydrogens (primary N) is 1. The van der Waals surface area contributed by atoms with Crippen LogP contribution < -0.4 is 19.5 Å². The van der Waals surface area contributed by atoms with E-state index in [-0.39, 0.29) is 45.6 Å². The number of alkyl halides is 3. The maximum Gasteiger partial charge on any atom is 0.433 e. The molecule has 12 nitrogen and oxygen atoms in total. The van der Waals surface area contributed by atoms with Gasteiger partial charge in [-0.15, -0.1) is 4.31 Å². The Morgan fingerprint density at radius 1 is 1.03 bits per heavy atom. The number of amides is 2. The summed E-state index contributed by atoms with van der Waals surface area (Å²) in [6, 6.07) is 0.300. The molecule has 2 aromatic rings. The molecule has 0 fully saturated rings. The van der Waals surface area contributed by atoms with Crippen LogP contribution in [0.25, 0.3) is 0 Å². The van der Waals surface area contributed by atoms with Crippen molar-refractivity contribution in [2.45, 2.75) is 11.2 Å². The first-order valence-electron chi connectivity index (χ1n) is 7.85. The summed E-state index contributed by atoms with van der Waals surface area (Å²) in [5, 5.41) is -1.46. The summed E-state index contributed by atoms with van der Waals surface area (Å²) in [6.07, 6.45) is -5.08. The van der Waals surface area contributed by atoms with E-state index in [9.17, 15) is 31.2 Å². The third-order valence-electron chi connectivity index (χ3n) is 3.51. The van der Waals surface area contributed by atoms with Gasteiger partial charge in [0.1, 0.15) is 5.69 Å². The standard InChI is InChI=1S/C15H14F3N5O7S.Na/c1-28-9-6-10(29-2)22-14(21-9)23(13(19)25)31(26,27)11-7(12(24)30-3)4-5-8(20-11)15(16,17)18;/h4-6H,1-3H3,(H2,19,25);. The molecule has 2 heterocycles. The fourth-order valence-corrected chi connectivity index (χ4v) is 3.51. The molecule has 0 aliphatic heterocycles. The van der Waals surface area contributed by atoms with E-state index < -0.39 is 50.4 Å². The van der Waals surface area contributed by atoms with Crippen LogP contribution in [0.4, 0.5) is 23.9 Å². The van der Waals surface area contributed by atoms with Crippen molar-refractivity contribution in [2.24, 2.45) is 5.73 Å². The molecule has 0 aliphatic carbocycles. The first kappa shape index (κ1) is 27.3. The summed E-state index contributed by atoms with van der Waals surface area (Å²) in [6.45, 7) is 0. The molecule has 0 spiro atoms. The van der Waals surface area contributed by atoms with E-state index in [0.29, 0.717) is 12.1 Å². The minimum atomic E-state index is -5.36. The average molecular weight is 488 g/mol. The maximum atomic E-state index is 13.1. The molecular formula is C15H14F3N5NaO7S. The number of urea groups is 1. The molecule has 0 aromatic carbocycles. The molecule has 169 valence electrons. The Hall–Kier alpha value is -2.69. The minimum absolute atomic E-state index is 0. The number of nitrogens with zero attached hydrogens (tertiary/aromatic N) is 4. The zero-order valence-corrected chi connectivity index (χ0v) is 19.8. The molecule has 2 aromatic heterocycles. The number of carbonyl (C=O) groups is 2. The van der Waals surface area contributed by atoms with Crippen LogP contribution in [0.3, 0.4) is 0 Å². The number of sulfonamides is 1. The molecule has 0 aliphatic rings. The molecule has 0 unspecified atom stereocenters. The Morgan fingerprint density at radius 3 is 1.97 bits per heavy atom. The molecule has 0 atom stereocenters. The second kappa shape index (κ2) is 10.3. The van der Waals surface area contributed by atoms with Crippen LogP contribution in [0.15, 0.2) is 23.2 Å². The zero-order valence-electron chi connectivity index (χ0n) is 17.0. The van der Waals surface area contributed by atoms with Gasteiger partial charge < -0.3 is 19.9 Å². The first-order chi connectivity index (χ1) is 14.4. The molecule has 2 N–H and O–H groups in total. The molecule has 0 bridgehead atoms. The number of pyridine rings is 1. The number of aromatic nitrogens is 3. The van der Waals surface area contributed by atoms with Crippen molar-refractivity contribution in [3.8, 4) is 11.8 Å². The molecule has 2 amide bonds. The van der Waals surface area contributed by atoms with E-state index in [2.05, 4.69) is 19.7 Å². The predicted molar refractivity (Wildman–Crippen MR) is 101 cm³/mol. The minimum Gasteiger partial charge on any atom is -0.481 e. The van der Waals surface area contributed by atoms with Gasteiger partial charge in [0, 0.05) is 29.6 Å². The van der Waals surface area contributed by atoms with Crippen LogP contribution >= 0.6 is 0 Å². The van der Waals surface area contributed by atoms with Crippen molar-refractivity contribution < 1.29 is 45.4 Å². The van der Waals surface area contributed by atoms with E-state index in [0.717, 1.165) is 27.4 Å². The Labute approximate surface area is 201 Å². The molecule has 1 radical (unpaired) electrons. The summed E-state index contributed by atoms with van der Waals surface area (Å²) in [4.78, 5) is 34.3. The number of hydrogen-bond acceptors (Lipinski definition) is 10. The van der Waals surface area contributed by atoms with Gasteiger partial charge in [0.2, 0.25) is 11.8 Å². The van der Waals surface area contributed by atoms with Crippen molar-refractivity contribution in [2.75, 3.05) is 25.6 Å². The van der Waals surface area contributed by atoms with Gasteiger partial charge in [-0.25, -0.2) is 14.6 Å². The number of esters is 1. The van der Waals surface area contributed by atoms with Gasteiger partial charge in [0.25, 0.3) is 16.0 Å². The molecule has 2 rings (SSSR count). The van der Waals surface area contributed by atoms with E-state index >= 15 is 0 Å². The van der Waals surface area contributed by atoms with Crippen molar-refractivity contribution in [3.63, 3.8) is 0 Å². The number of hydrogen-bond donors (Lipinski definition) is 1. The summed E-state index contributed by atoms with van der Waals surface area (Å²) in [5.41, 5.74) is 2.59. The van der Waals surface area contributed by atoms with Crippen LogP contribution in [-0.2, 0) is 20.9 Å². The zero-order chi connectivity index (χ0) is 23.6. The number of methoxy groups -OCH3 is 3. The Morgan fingerprint density at radius 2 is 1.56 bits per heavy atom. The van der Waals surface area contributed by atoms with Gasteiger partial charge in [-0.2, -0.15) is 31.6 Å². The number of halogens is 3. The summed E-state index contributed by atoms with van der Waals surface area (Å²) in [5.74, 6) is -2.81. The van der Waals surface area contributed by atoms with Gasteiger partial charge in [-0.05, 0) is 12.1 Å². The van der Waals surface area contributed by atoms with E-state index in [4.69, 9.17) is 15.2 Å². The fraction of sp³-hybridized carbons (Fsp3) is 0.267. The van der Waals surface area contributed by atoms with Crippen LogP contribution in [0.2, 0.25) is 0 Å². The van der Waals surface area contributed by atoms with Crippen molar-refractivity contribution in [3.05, 3.63) is 29.5 Å². The van der Waals surface area contributed by atoms with E-state index in [1.165, 1.54) is 0 Å². The first-order valence-corrected chi connectivity index (χ1v) is 9.29. The van der Waals surface area contributed by atoms with E-state index in [1.54, 1.807) is 0 Å². The van der Waals surface area contributed by atoms with Gasteiger partial charge in [-0.1, -0.05) is 0 Å². The van der Waals surface area contributed by atoms with Crippen LogP contribution in [-0.4, -0.2) is 86.3 Å². The van der Waals surface area contributed by atoms with E-state index in [1.807, 2.05) is 0 Å². The second-order valence-electron chi connectivity index (χ2n) is 5.40. The van der Waals surface area contributed by atoms with Gasteiger partial charge in [-0.3, -0.25) is 0 Å². The summed E-state index contributed by atoms with van der Waals surface area (Å²) < 4.78 is 79.4. The van der Waals surface area contributed by atoms with Crippen LogP contribution in [0.5, 0.6) is 11.8 Å². The van der Waals surface area contributed by atoms with Gasteiger partial charge >= 0.3 is 18.2 Å².